The maximum Gasteiger partial charge on any atom is 0.0707 e. The van der Waals surface area contributed by atoms with Gasteiger partial charge in [0.1, 0.15) is 0 Å². The molecule has 94 valence electrons. The fourth-order valence-electron chi connectivity index (χ4n) is 3.14. The van der Waals surface area contributed by atoms with Gasteiger partial charge in [-0.15, -0.1) is 0 Å². The molecule has 2 N–H and O–H groups in total. The van der Waals surface area contributed by atoms with Gasteiger partial charge < -0.3 is 15.4 Å². The molecule has 2 rings (SSSR count). The molecule has 1 aliphatic carbocycles. The minimum atomic E-state index is 0.324. The van der Waals surface area contributed by atoms with E-state index >= 15 is 0 Å². The predicted octanol–water partition coefficient (Wildman–Crippen LogP) is 1.61. The van der Waals surface area contributed by atoms with Gasteiger partial charge in [-0.05, 0) is 38.6 Å². The minimum absolute atomic E-state index is 0.324. The van der Waals surface area contributed by atoms with Crippen molar-refractivity contribution in [2.24, 2.45) is 11.7 Å². The van der Waals surface area contributed by atoms with Crippen LogP contribution in [0.15, 0.2) is 0 Å². The first-order valence-electron chi connectivity index (χ1n) is 6.82. The van der Waals surface area contributed by atoms with E-state index in [2.05, 4.69) is 11.9 Å². The van der Waals surface area contributed by atoms with Gasteiger partial charge in [0.05, 0.1) is 12.2 Å². The molecular weight excluding hydrogens is 200 g/mol. The summed E-state index contributed by atoms with van der Waals surface area (Å²) in [6.07, 6.45) is 8.84. The molecule has 1 aliphatic heterocycles. The zero-order chi connectivity index (χ0) is 11.4. The lowest BCUT2D eigenvalue weighted by Crippen LogP contribution is -2.33. The largest absolute Gasteiger partial charge is 0.372 e. The van der Waals surface area contributed by atoms with Crippen molar-refractivity contribution in [2.45, 2.75) is 50.7 Å². The molecule has 2 aliphatic rings. The van der Waals surface area contributed by atoms with E-state index < -0.39 is 0 Å². The van der Waals surface area contributed by atoms with Crippen molar-refractivity contribution in [1.29, 1.82) is 0 Å². The van der Waals surface area contributed by atoms with E-state index in [1.165, 1.54) is 38.6 Å². The maximum atomic E-state index is 5.88. The lowest BCUT2D eigenvalue weighted by atomic mass is 10.1. The van der Waals surface area contributed by atoms with Crippen molar-refractivity contribution in [3.8, 4) is 0 Å². The van der Waals surface area contributed by atoms with Crippen molar-refractivity contribution in [3.05, 3.63) is 0 Å². The Morgan fingerprint density at radius 3 is 2.38 bits per heavy atom. The number of nitrogens with zero attached hydrogens (tertiary/aromatic N) is 1. The Labute approximate surface area is 99.3 Å². The van der Waals surface area contributed by atoms with Crippen molar-refractivity contribution in [1.82, 2.24) is 4.90 Å². The highest BCUT2D eigenvalue weighted by molar-refractivity contribution is 4.78. The van der Waals surface area contributed by atoms with Crippen LogP contribution in [0, 0.1) is 5.92 Å². The molecule has 0 bridgehead atoms. The minimum Gasteiger partial charge on any atom is -0.372 e. The third-order valence-corrected chi connectivity index (χ3v) is 4.02. The van der Waals surface area contributed by atoms with E-state index in [4.69, 9.17) is 10.5 Å². The highest BCUT2D eigenvalue weighted by Crippen LogP contribution is 2.26. The molecule has 1 saturated carbocycles. The molecule has 1 heterocycles. The Hall–Kier alpha value is -0.120. The quantitative estimate of drug-likeness (QED) is 0.774. The maximum absolute atomic E-state index is 5.88. The molecule has 0 amide bonds. The highest BCUT2D eigenvalue weighted by atomic mass is 16.5. The third-order valence-electron chi connectivity index (χ3n) is 4.02. The van der Waals surface area contributed by atoms with E-state index in [1.54, 1.807) is 0 Å². The second-order valence-electron chi connectivity index (χ2n) is 5.56. The fourth-order valence-corrected chi connectivity index (χ4v) is 3.14. The van der Waals surface area contributed by atoms with Crippen LogP contribution in [0.2, 0.25) is 0 Å². The number of nitrogens with two attached hydrogens (primary N) is 1. The molecular formula is C13H26N2O. The van der Waals surface area contributed by atoms with Gasteiger partial charge in [0.25, 0.3) is 0 Å². The topological polar surface area (TPSA) is 38.5 Å². The van der Waals surface area contributed by atoms with Crippen LogP contribution in [0.4, 0.5) is 0 Å². The van der Waals surface area contributed by atoms with Crippen molar-refractivity contribution >= 4 is 0 Å². The summed E-state index contributed by atoms with van der Waals surface area (Å²) in [5.74, 6) is 0.941. The Balaban J connectivity index is 1.64. The van der Waals surface area contributed by atoms with E-state index in [0.29, 0.717) is 18.8 Å². The molecule has 3 heteroatoms. The van der Waals surface area contributed by atoms with E-state index in [0.717, 1.165) is 18.9 Å². The van der Waals surface area contributed by atoms with Gasteiger partial charge in [-0.1, -0.05) is 12.8 Å². The van der Waals surface area contributed by atoms with Crippen LogP contribution in [-0.2, 0) is 4.74 Å². The van der Waals surface area contributed by atoms with Crippen LogP contribution in [-0.4, -0.2) is 43.8 Å². The summed E-state index contributed by atoms with van der Waals surface area (Å²) >= 11 is 0. The Morgan fingerprint density at radius 2 is 1.75 bits per heavy atom. The lowest BCUT2D eigenvalue weighted by Gasteiger charge is -2.24. The summed E-state index contributed by atoms with van der Waals surface area (Å²) in [4.78, 5) is 2.46. The average molecular weight is 226 g/mol. The van der Waals surface area contributed by atoms with Crippen molar-refractivity contribution in [2.75, 3.05) is 26.7 Å². The summed E-state index contributed by atoms with van der Waals surface area (Å²) < 4.78 is 5.88. The molecule has 2 unspecified atom stereocenters. The number of hydrogen-bond donors (Lipinski definition) is 1. The Bertz CT molecular complexity index is 204. The molecule has 2 atom stereocenters. The zero-order valence-corrected chi connectivity index (χ0v) is 10.5. The van der Waals surface area contributed by atoms with Crippen LogP contribution < -0.4 is 5.73 Å². The molecule has 0 radical (unpaired) electrons. The van der Waals surface area contributed by atoms with Gasteiger partial charge >= 0.3 is 0 Å². The monoisotopic (exact) mass is 226 g/mol. The smallest absolute Gasteiger partial charge is 0.0707 e. The summed E-state index contributed by atoms with van der Waals surface area (Å²) in [6, 6.07) is 0. The van der Waals surface area contributed by atoms with E-state index in [9.17, 15) is 0 Å². The number of rotatable bonds is 5. The second-order valence-corrected chi connectivity index (χ2v) is 5.56. The zero-order valence-electron chi connectivity index (χ0n) is 10.5. The fraction of sp³-hybridized carbons (Fsp3) is 1.00. The van der Waals surface area contributed by atoms with Gasteiger partial charge in [-0.2, -0.15) is 0 Å². The molecule has 0 aromatic rings. The summed E-state index contributed by atoms with van der Waals surface area (Å²) in [7, 11) is 2.23. The highest BCUT2D eigenvalue weighted by Gasteiger charge is 2.26. The van der Waals surface area contributed by atoms with Crippen LogP contribution in [0.1, 0.15) is 38.5 Å². The van der Waals surface area contributed by atoms with Gasteiger partial charge in [0.2, 0.25) is 0 Å². The van der Waals surface area contributed by atoms with Gasteiger partial charge in [0, 0.05) is 19.6 Å². The summed E-state index contributed by atoms with van der Waals surface area (Å²) in [6.45, 7) is 3.03. The molecule has 0 aromatic heterocycles. The number of ether oxygens (including phenoxy) is 1. The van der Waals surface area contributed by atoms with Crippen LogP contribution in [0.3, 0.4) is 0 Å². The van der Waals surface area contributed by atoms with E-state index in [-0.39, 0.29) is 0 Å². The van der Waals surface area contributed by atoms with E-state index in [1.807, 2.05) is 0 Å². The summed E-state index contributed by atoms with van der Waals surface area (Å²) in [5.41, 5.74) is 5.62. The summed E-state index contributed by atoms with van der Waals surface area (Å²) in [5, 5.41) is 0. The molecule has 0 spiro atoms. The number of likely N-dealkylation sites (N-methyl/N-ethyl adjacent to an activating group) is 1. The first kappa shape index (κ1) is 12.3. The standard InChI is InChI=1S/C13H26N2O/c1-15(9-11-4-2-3-5-11)10-13-7-6-12(8-14)16-13/h11-13H,2-10,14H2,1H3. The second kappa shape index (κ2) is 5.99. The van der Waals surface area contributed by atoms with Gasteiger partial charge in [-0.3, -0.25) is 0 Å². The van der Waals surface area contributed by atoms with Crippen LogP contribution in [0.25, 0.3) is 0 Å². The molecule has 16 heavy (non-hydrogen) atoms. The lowest BCUT2D eigenvalue weighted by molar-refractivity contribution is 0.0295. The normalized spacial score (nSPS) is 31.7. The first-order valence-corrected chi connectivity index (χ1v) is 6.82. The molecule has 2 fully saturated rings. The van der Waals surface area contributed by atoms with Crippen molar-refractivity contribution in [3.63, 3.8) is 0 Å². The number of hydrogen-bond acceptors (Lipinski definition) is 3. The van der Waals surface area contributed by atoms with Gasteiger partial charge in [-0.25, -0.2) is 0 Å². The third kappa shape index (κ3) is 3.44. The van der Waals surface area contributed by atoms with Crippen LogP contribution >= 0.6 is 0 Å². The average Bonchev–Trinajstić information content (AvgIpc) is 2.89. The molecule has 1 saturated heterocycles. The molecule has 3 nitrogen and oxygen atoms in total. The Kier molecular flexibility index (Phi) is 4.62. The SMILES string of the molecule is CN(CC1CCCC1)CC1CCC(CN)O1. The Morgan fingerprint density at radius 1 is 1.06 bits per heavy atom. The molecule has 0 aromatic carbocycles. The van der Waals surface area contributed by atoms with Gasteiger partial charge in [0.15, 0.2) is 0 Å². The van der Waals surface area contributed by atoms with Crippen molar-refractivity contribution < 1.29 is 4.74 Å². The predicted molar refractivity (Wildman–Crippen MR) is 66.4 cm³/mol. The first-order chi connectivity index (χ1) is 7.78. The van der Waals surface area contributed by atoms with Crippen LogP contribution in [0.5, 0.6) is 0 Å².